The molecule has 0 spiro atoms. The molecule has 1 amide bonds. The highest BCUT2D eigenvalue weighted by atomic mass is 19.1. The Labute approximate surface area is 107 Å². The summed E-state index contributed by atoms with van der Waals surface area (Å²) in [7, 11) is 0. The molecular formula is C12H10FN3O3. The lowest BCUT2D eigenvalue weighted by Crippen LogP contribution is -2.21. The second-order valence-electron chi connectivity index (χ2n) is 3.72. The molecule has 1 heterocycles. The molecule has 1 aromatic carbocycles. The van der Waals surface area contributed by atoms with Crippen molar-refractivity contribution in [3.8, 4) is 0 Å². The number of carboxylic acid groups (broad SMARTS) is 1. The molecule has 0 atom stereocenters. The second-order valence-corrected chi connectivity index (χ2v) is 3.72. The van der Waals surface area contributed by atoms with E-state index in [9.17, 15) is 14.0 Å². The highest BCUT2D eigenvalue weighted by molar-refractivity contribution is 6.00. The molecule has 0 unspecified atom stereocenters. The van der Waals surface area contributed by atoms with Gasteiger partial charge in [0.2, 0.25) is 5.91 Å². The molecular weight excluding hydrogens is 253 g/mol. The van der Waals surface area contributed by atoms with Crippen molar-refractivity contribution >= 4 is 17.6 Å². The van der Waals surface area contributed by atoms with E-state index in [1.807, 2.05) is 0 Å². The van der Waals surface area contributed by atoms with Crippen LogP contribution in [0.15, 0.2) is 36.7 Å². The summed E-state index contributed by atoms with van der Waals surface area (Å²) >= 11 is 0. The predicted octanol–water partition coefficient (Wildman–Crippen LogP) is 1.36. The Hall–Kier alpha value is -2.70. The van der Waals surface area contributed by atoms with E-state index in [-0.39, 0.29) is 17.8 Å². The number of para-hydroxylation sites is 1. The Kier molecular flexibility index (Phi) is 3.56. The largest absolute Gasteiger partial charge is 0.478 e. The molecule has 0 fully saturated rings. The van der Waals surface area contributed by atoms with Gasteiger partial charge in [-0.2, -0.15) is 5.10 Å². The average Bonchev–Trinajstić information content (AvgIpc) is 2.84. The van der Waals surface area contributed by atoms with Crippen LogP contribution < -0.4 is 5.32 Å². The summed E-state index contributed by atoms with van der Waals surface area (Å²) in [5.41, 5.74) is -0.638. The van der Waals surface area contributed by atoms with Gasteiger partial charge in [0.05, 0.1) is 11.3 Å². The van der Waals surface area contributed by atoms with Crippen LogP contribution in [-0.2, 0) is 11.3 Å². The van der Waals surface area contributed by atoms with Gasteiger partial charge in [-0.3, -0.25) is 9.48 Å². The van der Waals surface area contributed by atoms with E-state index in [0.717, 1.165) is 6.07 Å². The molecule has 2 aromatic rings. The first-order chi connectivity index (χ1) is 9.08. The number of rotatable bonds is 4. The van der Waals surface area contributed by atoms with E-state index in [1.165, 1.54) is 23.0 Å². The fourth-order valence-electron chi connectivity index (χ4n) is 1.55. The first-order valence-corrected chi connectivity index (χ1v) is 5.37. The number of nitrogens with one attached hydrogen (secondary N) is 1. The van der Waals surface area contributed by atoms with Gasteiger partial charge in [0.1, 0.15) is 12.4 Å². The standard InChI is InChI=1S/C12H10FN3O3/c13-9-4-1-3-8(12(18)19)11(9)15-10(17)7-16-6-2-5-14-16/h1-6H,7H2,(H,15,17)(H,18,19). The number of benzene rings is 1. The van der Waals surface area contributed by atoms with E-state index < -0.39 is 17.7 Å². The van der Waals surface area contributed by atoms with Gasteiger partial charge in [0.25, 0.3) is 0 Å². The monoisotopic (exact) mass is 263 g/mol. The van der Waals surface area contributed by atoms with E-state index in [4.69, 9.17) is 5.11 Å². The number of nitrogens with zero attached hydrogens (tertiary/aromatic N) is 2. The van der Waals surface area contributed by atoms with Gasteiger partial charge in [-0.25, -0.2) is 9.18 Å². The van der Waals surface area contributed by atoms with Crippen LogP contribution in [0.2, 0.25) is 0 Å². The number of aromatic nitrogens is 2. The number of carbonyl (C=O) groups excluding carboxylic acids is 1. The smallest absolute Gasteiger partial charge is 0.337 e. The zero-order chi connectivity index (χ0) is 13.8. The van der Waals surface area contributed by atoms with Crippen molar-refractivity contribution in [1.82, 2.24) is 9.78 Å². The molecule has 0 bridgehead atoms. The maximum absolute atomic E-state index is 13.5. The maximum atomic E-state index is 13.5. The average molecular weight is 263 g/mol. The van der Waals surface area contributed by atoms with Gasteiger partial charge in [-0.05, 0) is 18.2 Å². The van der Waals surface area contributed by atoms with E-state index in [0.29, 0.717) is 0 Å². The first kappa shape index (κ1) is 12.7. The number of hydrogen-bond acceptors (Lipinski definition) is 3. The minimum Gasteiger partial charge on any atom is -0.478 e. The van der Waals surface area contributed by atoms with Gasteiger partial charge in [0, 0.05) is 12.4 Å². The van der Waals surface area contributed by atoms with Crippen LogP contribution in [0.1, 0.15) is 10.4 Å². The molecule has 0 aliphatic rings. The normalized spacial score (nSPS) is 10.2. The molecule has 0 saturated carbocycles. The number of carboxylic acids is 1. The van der Waals surface area contributed by atoms with E-state index in [2.05, 4.69) is 10.4 Å². The third-order valence-corrected chi connectivity index (χ3v) is 2.37. The molecule has 0 aliphatic carbocycles. The maximum Gasteiger partial charge on any atom is 0.337 e. The van der Waals surface area contributed by atoms with Crippen LogP contribution in [0.5, 0.6) is 0 Å². The van der Waals surface area contributed by atoms with E-state index >= 15 is 0 Å². The molecule has 7 heteroatoms. The van der Waals surface area contributed by atoms with Gasteiger partial charge >= 0.3 is 5.97 Å². The summed E-state index contributed by atoms with van der Waals surface area (Å²) < 4.78 is 14.9. The summed E-state index contributed by atoms with van der Waals surface area (Å²) in [6, 6.07) is 5.20. The first-order valence-electron chi connectivity index (χ1n) is 5.37. The van der Waals surface area contributed by atoms with Crippen molar-refractivity contribution in [3.05, 3.63) is 48.0 Å². The van der Waals surface area contributed by atoms with Crippen molar-refractivity contribution in [2.75, 3.05) is 5.32 Å². The van der Waals surface area contributed by atoms with Crippen LogP contribution in [-0.4, -0.2) is 26.8 Å². The number of aromatic carboxylic acids is 1. The summed E-state index contributed by atoms with van der Waals surface area (Å²) in [5, 5.41) is 15.0. The lowest BCUT2D eigenvalue weighted by atomic mass is 10.1. The highest BCUT2D eigenvalue weighted by Gasteiger charge is 2.16. The lowest BCUT2D eigenvalue weighted by molar-refractivity contribution is -0.116. The van der Waals surface area contributed by atoms with Crippen LogP contribution in [0.25, 0.3) is 0 Å². The number of anilines is 1. The summed E-state index contributed by atoms with van der Waals surface area (Å²) in [6.45, 7) is -0.125. The van der Waals surface area contributed by atoms with Crippen LogP contribution >= 0.6 is 0 Å². The van der Waals surface area contributed by atoms with Gasteiger partial charge in [-0.15, -0.1) is 0 Å². The third kappa shape index (κ3) is 2.95. The zero-order valence-corrected chi connectivity index (χ0v) is 9.71. The molecule has 98 valence electrons. The topological polar surface area (TPSA) is 84.2 Å². The Balaban J connectivity index is 2.19. The van der Waals surface area contributed by atoms with Crippen LogP contribution in [0.3, 0.4) is 0 Å². The third-order valence-electron chi connectivity index (χ3n) is 2.37. The summed E-state index contributed by atoms with van der Waals surface area (Å²) in [4.78, 5) is 22.6. The molecule has 0 radical (unpaired) electrons. The number of halogens is 1. The zero-order valence-electron chi connectivity index (χ0n) is 9.71. The van der Waals surface area contributed by atoms with Crippen LogP contribution in [0.4, 0.5) is 10.1 Å². The second kappa shape index (κ2) is 5.30. The molecule has 2 rings (SSSR count). The minimum absolute atomic E-state index is 0.125. The van der Waals surface area contributed by atoms with Crippen molar-refractivity contribution in [2.24, 2.45) is 0 Å². The fraction of sp³-hybridized carbons (Fsp3) is 0.0833. The Morgan fingerprint density at radius 1 is 1.37 bits per heavy atom. The molecule has 1 aromatic heterocycles. The van der Waals surface area contributed by atoms with Gasteiger partial charge in [0.15, 0.2) is 0 Å². The number of carbonyl (C=O) groups is 2. The predicted molar refractivity (Wildman–Crippen MR) is 64.2 cm³/mol. The van der Waals surface area contributed by atoms with Gasteiger partial charge in [-0.1, -0.05) is 6.07 Å². The molecule has 2 N–H and O–H groups in total. The Morgan fingerprint density at radius 3 is 2.79 bits per heavy atom. The lowest BCUT2D eigenvalue weighted by Gasteiger charge is -2.09. The minimum atomic E-state index is -1.31. The van der Waals surface area contributed by atoms with Crippen LogP contribution in [0, 0.1) is 5.82 Å². The number of hydrogen-bond donors (Lipinski definition) is 2. The Morgan fingerprint density at radius 2 is 2.16 bits per heavy atom. The highest BCUT2D eigenvalue weighted by Crippen LogP contribution is 2.19. The molecule has 0 saturated heterocycles. The van der Waals surface area contributed by atoms with Crippen molar-refractivity contribution < 1.29 is 19.1 Å². The summed E-state index contributed by atoms with van der Waals surface area (Å²) in [5.74, 6) is -2.67. The van der Waals surface area contributed by atoms with Crippen molar-refractivity contribution in [1.29, 1.82) is 0 Å². The van der Waals surface area contributed by atoms with E-state index in [1.54, 1.807) is 12.3 Å². The quantitative estimate of drug-likeness (QED) is 0.872. The fourth-order valence-corrected chi connectivity index (χ4v) is 1.55. The molecule has 19 heavy (non-hydrogen) atoms. The number of amides is 1. The van der Waals surface area contributed by atoms with Gasteiger partial charge < -0.3 is 10.4 Å². The van der Waals surface area contributed by atoms with Crippen molar-refractivity contribution in [2.45, 2.75) is 6.54 Å². The van der Waals surface area contributed by atoms with Crippen molar-refractivity contribution in [3.63, 3.8) is 0 Å². The molecule has 0 aliphatic heterocycles. The Bertz CT molecular complexity index is 611. The molecule has 6 nitrogen and oxygen atoms in total. The summed E-state index contributed by atoms with van der Waals surface area (Å²) in [6.07, 6.45) is 3.07. The SMILES string of the molecule is O=C(Cn1cccn1)Nc1c(F)cccc1C(=O)O.